The Hall–Kier alpha value is -1.84. The van der Waals surface area contributed by atoms with E-state index in [-0.39, 0.29) is 0 Å². The van der Waals surface area contributed by atoms with Crippen molar-refractivity contribution in [3.63, 3.8) is 0 Å². The SMILES string of the molecule is C/C=C/C=C/[C@H]1CCCC[C@@H]1COC(=O)/C=C\C(=O)O. The first-order chi connectivity index (χ1) is 9.63. The summed E-state index contributed by atoms with van der Waals surface area (Å²) in [4.78, 5) is 21.7. The normalized spacial score (nSPS) is 23.6. The molecule has 20 heavy (non-hydrogen) atoms. The van der Waals surface area contributed by atoms with Crippen LogP contribution < -0.4 is 0 Å². The minimum absolute atomic E-state index is 0.326. The number of carboxylic acids is 1. The van der Waals surface area contributed by atoms with Crippen molar-refractivity contribution in [2.24, 2.45) is 11.8 Å². The lowest BCUT2D eigenvalue weighted by atomic mass is 9.79. The Balaban J connectivity index is 2.46. The van der Waals surface area contributed by atoms with E-state index in [9.17, 15) is 9.59 Å². The molecule has 4 heteroatoms. The van der Waals surface area contributed by atoms with Crippen molar-refractivity contribution >= 4 is 11.9 Å². The molecule has 1 saturated carbocycles. The topological polar surface area (TPSA) is 63.6 Å². The number of aliphatic carboxylic acids is 1. The molecule has 0 spiro atoms. The summed E-state index contributed by atoms with van der Waals surface area (Å²) in [6, 6.07) is 0. The highest BCUT2D eigenvalue weighted by Gasteiger charge is 2.23. The van der Waals surface area contributed by atoms with Gasteiger partial charge in [0, 0.05) is 12.2 Å². The quantitative estimate of drug-likeness (QED) is 0.460. The van der Waals surface area contributed by atoms with Gasteiger partial charge in [0.15, 0.2) is 0 Å². The molecular formula is C16H22O4. The van der Waals surface area contributed by atoms with Crippen LogP contribution in [0.1, 0.15) is 32.6 Å². The number of carboxylic acid groups (broad SMARTS) is 1. The molecule has 0 heterocycles. The minimum atomic E-state index is -1.15. The van der Waals surface area contributed by atoms with Crippen molar-refractivity contribution in [3.05, 3.63) is 36.5 Å². The van der Waals surface area contributed by atoms with Crippen molar-refractivity contribution in [1.82, 2.24) is 0 Å². The second-order valence-corrected chi connectivity index (χ2v) is 4.92. The largest absolute Gasteiger partial charge is 0.478 e. The molecule has 110 valence electrons. The Labute approximate surface area is 119 Å². The lowest BCUT2D eigenvalue weighted by molar-refractivity contribution is -0.140. The van der Waals surface area contributed by atoms with Gasteiger partial charge in [0.05, 0.1) is 6.61 Å². The van der Waals surface area contributed by atoms with Gasteiger partial charge in [-0.05, 0) is 31.6 Å². The second kappa shape index (κ2) is 9.13. The van der Waals surface area contributed by atoms with E-state index in [0.717, 1.165) is 31.4 Å². The summed E-state index contributed by atoms with van der Waals surface area (Å²) in [6.07, 6.45) is 14.4. The van der Waals surface area contributed by atoms with Gasteiger partial charge in [0.25, 0.3) is 0 Å². The molecule has 0 aromatic rings. The van der Waals surface area contributed by atoms with Crippen LogP contribution in [0.5, 0.6) is 0 Å². The van der Waals surface area contributed by atoms with Crippen LogP contribution in [0.2, 0.25) is 0 Å². The molecule has 0 bridgehead atoms. The summed E-state index contributed by atoms with van der Waals surface area (Å²) in [5.41, 5.74) is 0. The van der Waals surface area contributed by atoms with Crippen LogP contribution in [-0.4, -0.2) is 23.7 Å². The van der Waals surface area contributed by atoms with Gasteiger partial charge >= 0.3 is 11.9 Å². The predicted molar refractivity (Wildman–Crippen MR) is 77.1 cm³/mol. The van der Waals surface area contributed by atoms with E-state index < -0.39 is 11.9 Å². The number of esters is 1. The van der Waals surface area contributed by atoms with Gasteiger partial charge in [-0.15, -0.1) is 0 Å². The smallest absolute Gasteiger partial charge is 0.331 e. The Morgan fingerprint density at radius 2 is 1.95 bits per heavy atom. The number of carbonyl (C=O) groups is 2. The van der Waals surface area contributed by atoms with E-state index in [1.165, 1.54) is 6.42 Å². The predicted octanol–water partition coefficient (Wildman–Crippen LogP) is 3.11. The summed E-state index contributed by atoms with van der Waals surface area (Å²) >= 11 is 0. The van der Waals surface area contributed by atoms with Crippen molar-refractivity contribution in [2.45, 2.75) is 32.6 Å². The lowest BCUT2D eigenvalue weighted by Crippen LogP contribution is -2.23. The number of rotatable bonds is 6. The molecule has 1 rings (SSSR count). The van der Waals surface area contributed by atoms with Crippen molar-refractivity contribution in [2.75, 3.05) is 6.61 Å². The molecule has 1 aliphatic carbocycles. The zero-order valence-electron chi connectivity index (χ0n) is 11.8. The van der Waals surface area contributed by atoms with Gasteiger partial charge in [-0.25, -0.2) is 9.59 Å². The van der Waals surface area contributed by atoms with Crippen LogP contribution in [0.4, 0.5) is 0 Å². The van der Waals surface area contributed by atoms with Gasteiger partial charge in [-0.2, -0.15) is 0 Å². The van der Waals surface area contributed by atoms with Gasteiger partial charge < -0.3 is 9.84 Å². The lowest BCUT2D eigenvalue weighted by Gasteiger charge is -2.28. The number of allylic oxidation sites excluding steroid dienone is 4. The first kappa shape index (κ1) is 16.2. The van der Waals surface area contributed by atoms with E-state index in [1.807, 2.05) is 25.2 Å². The molecule has 2 atom stereocenters. The number of hydrogen-bond donors (Lipinski definition) is 1. The first-order valence-electron chi connectivity index (χ1n) is 7.00. The average molecular weight is 278 g/mol. The Kier molecular flexibility index (Phi) is 7.40. The molecule has 0 unspecified atom stereocenters. The van der Waals surface area contributed by atoms with Gasteiger partial charge in [-0.1, -0.05) is 37.1 Å². The van der Waals surface area contributed by atoms with Crippen molar-refractivity contribution < 1.29 is 19.4 Å². The molecule has 0 saturated heterocycles. The molecule has 1 fully saturated rings. The van der Waals surface area contributed by atoms with E-state index in [4.69, 9.17) is 9.84 Å². The fourth-order valence-electron chi connectivity index (χ4n) is 2.39. The van der Waals surface area contributed by atoms with Crippen molar-refractivity contribution in [1.29, 1.82) is 0 Å². The highest BCUT2D eigenvalue weighted by molar-refractivity contribution is 5.90. The maximum Gasteiger partial charge on any atom is 0.331 e. The zero-order valence-corrected chi connectivity index (χ0v) is 11.8. The van der Waals surface area contributed by atoms with Gasteiger partial charge in [0.2, 0.25) is 0 Å². The van der Waals surface area contributed by atoms with E-state index in [2.05, 4.69) is 6.08 Å². The summed E-state index contributed by atoms with van der Waals surface area (Å²) < 4.78 is 5.13. The highest BCUT2D eigenvalue weighted by atomic mass is 16.5. The molecular weight excluding hydrogens is 256 g/mol. The second-order valence-electron chi connectivity index (χ2n) is 4.92. The summed E-state index contributed by atoms with van der Waals surface area (Å²) in [7, 11) is 0. The summed E-state index contributed by atoms with van der Waals surface area (Å²) in [6.45, 7) is 2.33. The van der Waals surface area contributed by atoms with E-state index in [1.54, 1.807) is 0 Å². The maximum atomic E-state index is 11.4. The van der Waals surface area contributed by atoms with Crippen LogP contribution in [0, 0.1) is 11.8 Å². The van der Waals surface area contributed by atoms with Crippen LogP contribution >= 0.6 is 0 Å². The Bertz CT molecular complexity index is 407. The van der Waals surface area contributed by atoms with Gasteiger partial charge in [0.1, 0.15) is 0 Å². The molecule has 0 radical (unpaired) electrons. The van der Waals surface area contributed by atoms with Crippen LogP contribution in [-0.2, 0) is 14.3 Å². The zero-order chi connectivity index (χ0) is 14.8. The Morgan fingerprint density at radius 1 is 1.20 bits per heavy atom. The van der Waals surface area contributed by atoms with Crippen LogP contribution in [0.15, 0.2) is 36.5 Å². The Morgan fingerprint density at radius 3 is 2.65 bits per heavy atom. The van der Waals surface area contributed by atoms with E-state index >= 15 is 0 Å². The number of carbonyl (C=O) groups excluding carboxylic acids is 1. The standard InChI is InChI=1S/C16H22O4/c1-2-3-4-7-13-8-5-6-9-14(13)12-20-16(19)11-10-15(17)18/h2-4,7,10-11,13-14H,5-6,8-9,12H2,1H3,(H,17,18)/b3-2+,7-4+,11-10-/t13-,14+/m0/s1. The third kappa shape index (κ3) is 6.36. The molecule has 1 N–H and O–H groups in total. The summed E-state index contributed by atoms with van der Waals surface area (Å²) in [5, 5.41) is 8.43. The van der Waals surface area contributed by atoms with Crippen molar-refractivity contribution in [3.8, 4) is 0 Å². The van der Waals surface area contributed by atoms with E-state index in [0.29, 0.717) is 18.4 Å². The van der Waals surface area contributed by atoms with Gasteiger partial charge in [-0.3, -0.25) is 0 Å². The molecule has 0 aliphatic heterocycles. The number of ether oxygens (including phenoxy) is 1. The fraction of sp³-hybridized carbons (Fsp3) is 0.500. The minimum Gasteiger partial charge on any atom is -0.478 e. The highest BCUT2D eigenvalue weighted by Crippen LogP contribution is 2.31. The summed E-state index contributed by atoms with van der Waals surface area (Å²) in [5.74, 6) is -0.982. The third-order valence-corrected chi connectivity index (χ3v) is 3.43. The molecule has 0 amide bonds. The number of hydrogen-bond acceptors (Lipinski definition) is 3. The van der Waals surface area contributed by atoms with Crippen LogP contribution in [0.25, 0.3) is 0 Å². The molecule has 0 aromatic heterocycles. The molecule has 4 nitrogen and oxygen atoms in total. The third-order valence-electron chi connectivity index (χ3n) is 3.43. The average Bonchev–Trinajstić information content (AvgIpc) is 2.44. The monoisotopic (exact) mass is 278 g/mol. The first-order valence-corrected chi connectivity index (χ1v) is 7.00. The molecule has 1 aliphatic rings. The molecule has 0 aromatic carbocycles. The fourth-order valence-corrected chi connectivity index (χ4v) is 2.39. The maximum absolute atomic E-state index is 11.4. The van der Waals surface area contributed by atoms with Crippen LogP contribution in [0.3, 0.4) is 0 Å².